The van der Waals surface area contributed by atoms with Crippen LogP contribution in [0.1, 0.15) is 13.8 Å². The summed E-state index contributed by atoms with van der Waals surface area (Å²) < 4.78 is 23.1. The van der Waals surface area contributed by atoms with Crippen molar-refractivity contribution in [2.45, 2.75) is 19.4 Å². The van der Waals surface area contributed by atoms with Crippen LogP contribution in [-0.4, -0.2) is 65.5 Å². The van der Waals surface area contributed by atoms with Gasteiger partial charge in [-0.1, -0.05) is 18.2 Å². The van der Waals surface area contributed by atoms with Crippen molar-refractivity contribution in [1.29, 1.82) is 0 Å². The Morgan fingerprint density at radius 2 is 1.98 bits per heavy atom. The molecule has 0 unspecified atom stereocenters. The van der Waals surface area contributed by atoms with Gasteiger partial charge in [0.1, 0.15) is 39.7 Å². The zero-order valence-corrected chi connectivity index (χ0v) is 23.9. The molecule has 5 aromatic rings. The van der Waals surface area contributed by atoms with Crippen LogP contribution in [0.3, 0.4) is 0 Å². The highest BCUT2D eigenvalue weighted by atomic mass is 35.5. The number of rotatable bonds is 6. The number of benzene rings is 1. The van der Waals surface area contributed by atoms with Crippen LogP contribution in [0.25, 0.3) is 22.2 Å². The van der Waals surface area contributed by atoms with Crippen LogP contribution in [0, 0.1) is 5.82 Å². The van der Waals surface area contributed by atoms with Crippen molar-refractivity contribution < 1.29 is 13.9 Å². The number of carbonyl (C=O) groups is 1. The molecule has 0 aliphatic carbocycles. The van der Waals surface area contributed by atoms with E-state index in [1.54, 1.807) is 27.9 Å². The van der Waals surface area contributed by atoms with Crippen molar-refractivity contribution >= 4 is 57.0 Å². The van der Waals surface area contributed by atoms with Crippen molar-refractivity contribution in [3.63, 3.8) is 0 Å². The molecule has 42 heavy (non-hydrogen) atoms. The molecule has 1 aliphatic heterocycles. The number of piperazine rings is 1. The molecule has 0 atom stereocenters. The number of aromatic nitrogens is 6. The third-order valence-corrected chi connectivity index (χ3v) is 7.54. The first kappa shape index (κ1) is 27.3. The quantitative estimate of drug-likeness (QED) is 0.266. The Hall–Kier alpha value is -4.84. The Balaban J connectivity index is 1.26. The summed E-state index contributed by atoms with van der Waals surface area (Å²) in [5.74, 6) is 0.693. The average Bonchev–Trinajstić information content (AvgIpc) is 3.35. The summed E-state index contributed by atoms with van der Waals surface area (Å²) in [5, 5.41) is 2.81. The number of pyridine rings is 2. The molecule has 11 nitrogen and oxygen atoms in total. The van der Waals surface area contributed by atoms with Gasteiger partial charge in [0.25, 0.3) is 0 Å². The van der Waals surface area contributed by atoms with E-state index < -0.39 is 11.4 Å². The number of nitrogens with zero attached hydrogens (tertiary/aromatic N) is 8. The molecule has 13 heteroatoms. The van der Waals surface area contributed by atoms with E-state index >= 15 is 4.39 Å². The van der Waals surface area contributed by atoms with Gasteiger partial charge in [-0.25, -0.2) is 29.3 Å². The first-order valence-corrected chi connectivity index (χ1v) is 13.5. The first-order chi connectivity index (χ1) is 20.1. The highest BCUT2D eigenvalue weighted by molar-refractivity contribution is 6.32. The Labute approximate surface area is 245 Å². The van der Waals surface area contributed by atoms with Gasteiger partial charge >= 0.3 is 0 Å². The molecule has 1 N–H and O–H groups in total. The molecular formula is C29H27ClFN9O2. The van der Waals surface area contributed by atoms with Crippen LogP contribution in [-0.2, 0) is 11.8 Å². The summed E-state index contributed by atoms with van der Waals surface area (Å²) in [6.07, 6.45) is 5.89. The van der Waals surface area contributed by atoms with E-state index in [2.05, 4.69) is 36.7 Å². The van der Waals surface area contributed by atoms with Gasteiger partial charge in [0.2, 0.25) is 5.91 Å². The SMILES string of the molecule is C=CC(=O)N1CCN(c2ccc3ncnc(Nc4ccc(Oc5cnc6c(c5)ncn6C)c(Cl)c4F)c3n2)CC1(C)C. The minimum Gasteiger partial charge on any atom is -0.454 e. The van der Waals surface area contributed by atoms with E-state index in [0.29, 0.717) is 59.2 Å². The smallest absolute Gasteiger partial charge is 0.246 e. The number of anilines is 3. The van der Waals surface area contributed by atoms with E-state index in [0.717, 1.165) is 0 Å². The number of ether oxygens (including phenoxy) is 1. The standard InChI is InChI=1S/C29H27ClFN9O2/c1-5-23(41)40-11-10-39(14-29(40,2)3)22-9-7-19-26(37-22)27(34-15-33-19)36-18-6-8-21(24(30)25(18)31)42-17-12-20-28(32-13-17)38(4)16-35-20/h5-9,12-13,15-16H,1,10-11,14H2,2-4H3,(H,33,34,36). The fourth-order valence-corrected chi connectivity index (χ4v) is 5.29. The molecule has 214 valence electrons. The van der Waals surface area contributed by atoms with Gasteiger partial charge in [-0.3, -0.25) is 4.79 Å². The van der Waals surface area contributed by atoms with Crippen LogP contribution >= 0.6 is 11.6 Å². The lowest BCUT2D eigenvalue weighted by atomic mass is 9.98. The maximum absolute atomic E-state index is 15.5. The van der Waals surface area contributed by atoms with E-state index in [1.807, 2.05) is 33.0 Å². The molecule has 1 fully saturated rings. The van der Waals surface area contributed by atoms with Gasteiger partial charge in [-0.05, 0) is 44.2 Å². The van der Waals surface area contributed by atoms with E-state index in [-0.39, 0.29) is 22.4 Å². The monoisotopic (exact) mass is 587 g/mol. The Bertz CT molecular complexity index is 1860. The van der Waals surface area contributed by atoms with Crippen LogP contribution in [0.5, 0.6) is 11.5 Å². The molecule has 4 aromatic heterocycles. The predicted octanol–water partition coefficient (Wildman–Crippen LogP) is 5.25. The summed E-state index contributed by atoms with van der Waals surface area (Å²) in [5.41, 5.74) is 2.04. The highest BCUT2D eigenvalue weighted by Gasteiger charge is 2.36. The number of fused-ring (bicyclic) bond motifs is 2. The molecule has 0 radical (unpaired) electrons. The third kappa shape index (κ3) is 4.94. The first-order valence-electron chi connectivity index (χ1n) is 13.2. The second kappa shape index (κ2) is 10.5. The number of imidazole rings is 1. The minimum atomic E-state index is -0.714. The lowest BCUT2D eigenvalue weighted by Crippen LogP contribution is -2.61. The maximum Gasteiger partial charge on any atom is 0.246 e. The number of nitrogens with one attached hydrogen (secondary N) is 1. The second-order valence-electron chi connectivity index (χ2n) is 10.5. The van der Waals surface area contributed by atoms with E-state index in [1.165, 1.54) is 24.7 Å². The van der Waals surface area contributed by atoms with Gasteiger partial charge in [0.05, 0.1) is 29.3 Å². The lowest BCUT2D eigenvalue weighted by Gasteiger charge is -2.47. The molecule has 6 rings (SSSR count). The third-order valence-electron chi connectivity index (χ3n) is 7.19. The van der Waals surface area contributed by atoms with E-state index in [4.69, 9.17) is 21.3 Å². The zero-order valence-electron chi connectivity index (χ0n) is 23.2. The number of aryl methyl sites for hydroxylation is 1. The Morgan fingerprint density at radius 3 is 2.76 bits per heavy atom. The van der Waals surface area contributed by atoms with Crippen LogP contribution in [0.4, 0.5) is 21.7 Å². The fourth-order valence-electron chi connectivity index (χ4n) is 5.08. The summed E-state index contributed by atoms with van der Waals surface area (Å²) in [4.78, 5) is 38.3. The Morgan fingerprint density at radius 1 is 1.14 bits per heavy atom. The van der Waals surface area contributed by atoms with Crippen LogP contribution < -0.4 is 15.0 Å². The molecule has 1 saturated heterocycles. The van der Waals surface area contributed by atoms with Crippen molar-refractivity contribution in [2.75, 3.05) is 29.9 Å². The van der Waals surface area contributed by atoms with Gasteiger partial charge in [0, 0.05) is 32.7 Å². The molecule has 1 aliphatic rings. The lowest BCUT2D eigenvalue weighted by molar-refractivity contribution is -0.131. The van der Waals surface area contributed by atoms with Gasteiger partial charge in [0.15, 0.2) is 17.3 Å². The maximum atomic E-state index is 15.5. The summed E-state index contributed by atoms with van der Waals surface area (Å²) >= 11 is 6.38. The van der Waals surface area contributed by atoms with Gasteiger partial charge in [-0.15, -0.1) is 0 Å². The number of amides is 1. The molecule has 0 spiro atoms. The molecule has 1 aromatic carbocycles. The van der Waals surface area contributed by atoms with Crippen molar-refractivity contribution in [1.82, 2.24) is 34.4 Å². The molecule has 5 heterocycles. The number of hydrogen-bond acceptors (Lipinski definition) is 9. The zero-order chi connectivity index (χ0) is 29.6. The predicted molar refractivity (Wildman–Crippen MR) is 159 cm³/mol. The topological polar surface area (TPSA) is 114 Å². The molecule has 0 bridgehead atoms. The summed E-state index contributed by atoms with van der Waals surface area (Å²) in [6, 6.07) is 8.49. The largest absolute Gasteiger partial charge is 0.454 e. The van der Waals surface area contributed by atoms with Crippen molar-refractivity contribution in [3.05, 3.63) is 72.7 Å². The molecule has 0 saturated carbocycles. The summed E-state index contributed by atoms with van der Waals surface area (Å²) in [7, 11) is 1.84. The molecular weight excluding hydrogens is 561 g/mol. The van der Waals surface area contributed by atoms with Crippen molar-refractivity contribution in [2.24, 2.45) is 7.05 Å². The summed E-state index contributed by atoms with van der Waals surface area (Å²) in [6.45, 7) is 9.31. The average molecular weight is 588 g/mol. The highest BCUT2D eigenvalue weighted by Crippen LogP contribution is 2.37. The number of carbonyl (C=O) groups excluding carboxylic acids is 1. The number of hydrogen-bond donors (Lipinski definition) is 1. The fraction of sp³-hybridized carbons (Fsp3) is 0.241. The van der Waals surface area contributed by atoms with Gasteiger partial charge < -0.3 is 24.4 Å². The normalized spacial score (nSPS) is 14.8. The van der Waals surface area contributed by atoms with E-state index in [9.17, 15) is 4.79 Å². The molecule has 1 amide bonds. The Kier molecular flexibility index (Phi) is 6.85. The second-order valence-corrected chi connectivity index (χ2v) is 10.9. The number of halogens is 2. The van der Waals surface area contributed by atoms with Crippen LogP contribution in [0.2, 0.25) is 5.02 Å². The van der Waals surface area contributed by atoms with Crippen molar-refractivity contribution in [3.8, 4) is 11.5 Å². The van der Waals surface area contributed by atoms with Crippen LogP contribution in [0.15, 0.2) is 61.8 Å². The minimum absolute atomic E-state index is 0.0931. The van der Waals surface area contributed by atoms with Gasteiger partial charge in [-0.2, -0.15) is 0 Å².